The number of rotatable bonds is 3. The average Bonchev–Trinajstić information content (AvgIpc) is 2.75. The van der Waals surface area contributed by atoms with Crippen molar-refractivity contribution in [2.75, 3.05) is 5.32 Å². The van der Waals surface area contributed by atoms with Crippen LogP contribution >= 0.6 is 0 Å². The number of fused-ring (bicyclic) bond motifs is 1. The molecule has 2 unspecified atom stereocenters. The number of nitro benzene ring substituents is 1. The van der Waals surface area contributed by atoms with E-state index in [1.165, 1.54) is 12.1 Å². The molecule has 7 nitrogen and oxygen atoms in total. The van der Waals surface area contributed by atoms with Crippen LogP contribution in [0.4, 0.5) is 11.7 Å². The van der Waals surface area contributed by atoms with Gasteiger partial charge in [-0.2, -0.15) is 4.98 Å². The van der Waals surface area contributed by atoms with E-state index < -0.39 is 11.0 Å². The summed E-state index contributed by atoms with van der Waals surface area (Å²) in [6.07, 6.45) is 4.41. The summed E-state index contributed by atoms with van der Waals surface area (Å²) in [4.78, 5) is 14.5. The second-order valence-electron chi connectivity index (χ2n) is 5.38. The summed E-state index contributed by atoms with van der Waals surface area (Å²) in [5, 5.41) is 23.9. The highest BCUT2D eigenvalue weighted by Crippen LogP contribution is 2.26. The number of nitrogens with zero attached hydrogens (tertiary/aromatic N) is 2. The first-order chi connectivity index (χ1) is 10.1. The number of hydrogen-bond donors (Lipinski definition) is 2. The zero-order valence-corrected chi connectivity index (χ0v) is 11.5. The predicted molar refractivity (Wildman–Crippen MR) is 77.2 cm³/mol. The van der Waals surface area contributed by atoms with E-state index >= 15 is 0 Å². The molecule has 2 N–H and O–H groups in total. The Balaban J connectivity index is 1.82. The minimum Gasteiger partial charge on any atom is -0.423 e. The first-order valence-corrected chi connectivity index (χ1v) is 7.13. The molecule has 1 aromatic carbocycles. The minimum absolute atomic E-state index is 0.0281. The van der Waals surface area contributed by atoms with Crippen LogP contribution in [0.5, 0.6) is 0 Å². The normalized spacial score (nSPS) is 22.9. The highest BCUT2D eigenvalue weighted by atomic mass is 16.6. The van der Waals surface area contributed by atoms with Crippen molar-refractivity contribution in [2.45, 2.75) is 44.2 Å². The maximum atomic E-state index is 10.7. The van der Waals surface area contributed by atoms with Gasteiger partial charge in [-0.15, -0.1) is 0 Å². The third kappa shape index (κ3) is 2.97. The molecule has 1 heterocycles. The first kappa shape index (κ1) is 13.8. The summed E-state index contributed by atoms with van der Waals surface area (Å²) in [7, 11) is 0. The number of benzene rings is 1. The number of nitro groups is 1. The Hall–Kier alpha value is -2.15. The fourth-order valence-corrected chi connectivity index (χ4v) is 2.70. The van der Waals surface area contributed by atoms with Gasteiger partial charge in [0.2, 0.25) is 0 Å². The van der Waals surface area contributed by atoms with Crippen LogP contribution < -0.4 is 5.32 Å². The third-order valence-corrected chi connectivity index (χ3v) is 3.87. The Labute approximate surface area is 121 Å². The number of non-ortho nitro benzene ring substituents is 1. The molecule has 0 bridgehead atoms. The maximum absolute atomic E-state index is 10.7. The van der Waals surface area contributed by atoms with Crippen molar-refractivity contribution in [1.82, 2.24) is 4.98 Å². The van der Waals surface area contributed by atoms with E-state index in [0.29, 0.717) is 17.1 Å². The van der Waals surface area contributed by atoms with Gasteiger partial charge in [-0.1, -0.05) is 19.3 Å². The van der Waals surface area contributed by atoms with Crippen molar-refractivity contribution in [3.8, 4) is 0 Å². The number of aliphatic hydroxyl groups is 1. The Morgan fingerprint density at radius 2 is 2.14 bits per heavy atom. The van der Waals surface area contributed by atoms with Crippen LogP contribution in [-0.2, 0) is 0 Å². The van der Waals surface area contributed by atoms with E-state index in [4.69, 9.17) is 4.42 Å². The molecular weight excluding hydrogens is 274 g/mol. The Morgan fingerprint density at radius 3 is 2.95 bits per heavy atom. The zero-order valence-electron chi connectivity index (χ0n) is 11.5. The van der Waals surface area contributed by atoms with E-state index in [-0.39, 0.29) is 11.7 Å². The molecule has 0 radical (unpaired) electrons. The van der Waals surface area contributed by atoms with Crippen LogP contribution in [0.2, 0.25) is 0 Å². The van der Waals surface area contributed by atoms with Gasteiger partial charge in [0.1, 0.15) is 5.52 Å². The van der Waals surface area contributed by atoms with Crippen LogP contribution in [-0.4, -0.2) is 27.2 Å². The molecule has 1 fully saturated rings. The number of anilines is 1. The number of hydrogen-bond acceptors (Lipinski definition) is 6. The number of oxazole rings is 1. The number of aliphatic hydroxyl groups excluding tert-OH is 1. The quantitative estimate of drug-likeness (QED) is 0.512. The summed E-state index contributed by atoms with van der Waals surface area (Å²) in [6, 6.07) is 4.53. The summed E-state index contributed by atoms with van der Waals surface area (Å²) in [6.45, 7) is 0. The average molecular weight is 291 g/mol. The minimum atomic E-state index is -0.468. The molecule has 3 rings (SSSR count). The molecule has 1 aliphatic carbocycles. The summed E-state index contributed by atoms with van der Waals surface area (Å²) >= 11 is 0. The highest BCUT2D eigenvalue weighted by molar-refractivity contribution is 5.77. The van der Waals surface area contributed by atoms with Gasteiger partial charge >= 0.3 is 0 Å². The van der Waals surface area contributed by atoms with Gasteiger partial charge in [-0.25, -0.2) is 0 Å². The monoisotopic (exact) mass is 291 g/mol. The van der Waals surface area contributed by atoms with Crippen molar-refractivity contribution in [3.05, 3.63) is 28.3 Å². The maximum Gasteiger partial charge on any atom is 0.295 e. The standard InChI is InChI=1S/C14H17N3O4/c18-12-5-3-1-2-4-10(12)15-14-16-11-7-6-9(17(19)20)8-13(11)21-14/h6-8,10,12,18H,1-5H2,(H,15,16). The summed E-state index contributed by atoms with van der Waals surface area (Å²) in [5.74, 6) is 0. The SMILES string of the molecule is O=[N+]([O-])c1ccc2nc(NC3CCCCCC3O)oc2c1. The van der Waals surface area contributed by atoms with Crippen molar-refractivity contribution >= 4 is 22.8 Å². The van der Waals surface area contributed by atoms with Crippen molar-refractivity contribution in [1.29, 1.82) is 0 Å². The van der Waals surface area contributed by atoms with Gasteiger partial charge in [0, 0.05) is 6.07 Å². The fraction of sp³-hybridized carbons (Fsp3) is 0.500. The third-order valence-electron chi connectivity index (χ3n) is 3.87. The topological polar surface area (TPSA) is 101 Å². The van der Waals surface area contributed by atoms with Crippen molar-refractivity contribution < 1.29 is 14.4 Å². The van der Waals surface area contributed by atoms with Crippen LogP contribution in [0, 0.1) is 10.1 Å². The lowest BCUT2D eigenvalue weighted by molar-refractivity contribution is -0.384. The van der Waals surface area contributed by atoms with E-state index in [0.717, 1.165) is 32.1 Å². The largest absolute Gasteiger partial charge is 0.423 e. The van der Waals surface area contributed by atoms with Gasteiger partial charge in [-0.3, -0.25) is 10.1 Å². The fourth-order valence-electron chi connectivity index (χ4n) is 2.70. The van der Waals surface area contributed by atoms with E-state index in [2.05, 4.69) is 10.3 Å². The zero-order chi connectivity index (χ0) is 14.8. The molecule has 21 heavy (non-hydrogen) atoms. The highest BCUT2D eigenvalue weighted by Gasteiger charge is 2.23. The van der Waals surface area contributed by atoms with E-state index in [9.17, 15) is 15.2 Å². The molecule has 0 saturated heterocycles. The van der Waals surface area contributed by atoms with E-state index in [1.807, 2.05) is 0 Å². The molecule has 0 spiro atoms. The van der Waals surface area contributed by atoms with Crippen LogP contribution in [0.25, 0.3) is 11.1 Å². The van der Waals surface area contributed by atoms with Crippen LogP contribution in [0.1, 0.15) is 32.1 Å². The molecule has 2 aromatic rings. The van der Waals surface area contributed by atoms with Crippen molar-refractivity contribution in [3.63, 3.8) is 0 Å². The molecule has 1 aliphatic rings. The van der Waals surface area contributed by atoms with Gasteiger partial charge < -0.3 is 14.8 Å². The predicted octanol–water partition coefficient (Wildman–Crippen LogP) is 2.84. The molecule has 1 saturated carbocycles. The molecule has 1 aromatic heterocycles. The number of nitrogens with one attached hydrogen (secondary N) is 1. The molecule has 0 amide bonds. The molecule has 0 aliphatic heterocycles. The lowest BCUT2D eigenvalue weighted by atomic mass is 10.1. The summed E-state index contributed by atoms with van der Waals surface area (Å²) in [5.41, 5.74) is 0.903. The molecular formula is C14H17N3O4. The van der Waals surface area contributed by atoms with Gasteiger partial charge in [-0.05, 0) is 18.9 Å². The summed E-state index contributed by atoms with van der Waals surface area (Å²) < 4.78 is 5.51. The van der Waals surface area contributed by atoms with Gasteiger partial charge in [0.25, 0.3) is 11.7 Å². The van der Waals surface area contributed by atoms with Crippen LogP contribution in [0.15, 0.2) is 22.6 Å². The van der Waals surface area contributed by atoms with E-state index in [1.54, 1.807) is 6.07 Å². The molecule has 112 valence electrons. The molecule has 2 atom stereocenters. The first-order valence-electron chi connectivity index (χ1n) is 7.13. The second kappa shape index (κ2) is 5.69. The van der Waals surface area contributed by atoms with Crippen LogP contribution in [0.3, 0.4) is 0 Å². The Morgan fingerprint density at radius 1 is 1.33 bits per heavy atom. The Kier molecular flexibility index (Phi) is 3.74. The number of aromatic nitrogens is 1. The smallest absolute Gasteiger partial charge is 0.295 e. The Bertz CT molecular complexity index is 655. The lowest BCUT2D eigenvalue weighted by Gasteiger charge is -2.20. The second-order valence-corrected chi connectivity index (χ2v) is 5.38. The lowest BCUT2D eigenvalue weighted by Crippen LogP contribution is -2.32. The van der Waals surface area contributed by atoms with Crippen molar-refractivity contribution in [2.24, 2.45) is 0 Å². The van der Waals surface area contributed by atoms with Gasteiger partial charge in [0.05, 0.1) is 23.1 Å². The molecule has 7 heteroatoms. The van der Waals surface area contributed by atoms with Gasteiger partial charge in [0.15, 0.2) is 5.58 Å².